The smallest absolute Gasteiger partial charge is 0.325 e. The largest absolute Gasteiger partial charge is 0.494 e. The summed E-state index contributed by atoms with van der Waals surface area (Å²) in [6, 6.07) is 16.1. The second-order valence-electron chi connectivity index (χ2n) is 6.90. The number of hydrogen-bond donors (Lipinski definition) is 0. The van der Waals surface area contributed by atoms with Gasteiger partial charge < -0.3 is 9.64 Å². The van der Waals surface area contributed by atoms with Crippen molar-refractivity contribution in [1.82, 2.24) is 4.90 Å². The van der Waals surface area contributed by atoms with Gasteiger partial charge in [-0.05, 0) is 36.8 Å². The fourth-order valence-corrected chi connectivity index (χ4v) is 5.86. The average Bonchev–Trinajstić information content (AvgIpc) is 3.08. The topological polar surface area (TPSA) is 66.9 Å². The van der Waals surface area contributed by atoms with Crippen molar-refractivity contribution < 1.29 is 17.9 Å². The molecule has 2 aliphatic heterocycles. The van der Waals surface area contributed by atoms with E-state index in [2.05, 4.69) is 0 Å². The van der Waals surface area contributed by atoms with E-state index >= 15 is 0 Å². The first kappa shape index (κ1) is 17.9. The van der Waals surface area contributed by atoms with E-state index in [1.165, 1.54) is 0 Å². The van der Waals surface area contributed by atoms with Crippen molar-refractivity contribution in [3.05, 3.63) is 60.2 Å². The Bertz CT molecular complexity index is 928. The molecule has 2 aromatic carbocycles. The van der Waals surface area contributed by atoms with Gasteiger partial charge in [-0.25, -0.2) is 13.2 Å². The zero-order valence-corrected chi connectivity index (χ0v) is 15.9. The third kappa shape index (κ3) is 3.39. The fourth-order valence-electron chi connectivity index (χ4n) is 3.91. The second-order valence-corrected chi connectivity index (χ2v) is 9.06. The lowest BCUT2D eigenvalue weighted by Gasteiger charge is -2.23. The summed E-state index contributed by atoms with van der Waals surface area (Å²) in [5, 5.41) is 0. The van der Waals surface area contributed by atoms with Crippen LogP contribution < -0.4 is 9.64 Å². The van der Waals surface area contributed by atoms with Crippen molar-refractivity contribution in [3.63, 3.8) is 0 Å². The van der Waals surface area contributed by atoms with E-state index in [1.54, 1.807) is 9.80 Å². The minimum Gasteiger partial charge on any atom is -0.494 e. The van der Waals surface area contributed by atoms with Crippen LogP contribution in [0.2, 0.25) is 0 Å². The molecule has 0 radical (unpaired) electrons. The zero-order valence-electron chi connectivity index (χ0n) is 15.1. The molecule has 2 saturated heterocycles. The third-order valence-corrected chi connectivity index (χ3v) is 6.80. The van der Waals surface area contributed by atoms with Crippen LogP contribution in [-0.4, -0.2) is 49.5 Å². The van der Waals surface area contributed by atoms with E-state index in [0.29, 0.717) is 18.8 Å². The number of hydrogen-bond acceptors (Lipinski definition) is 4. The predicted molar refractivity (Wildman–Crippen MR) is 104 cm³/mol. The number of carbonyl (C=O) groups excluding carboxylic acids is 1. The number of rotatable bonds is 5. The normalized spacial score (nSPS) is 23.5. The molecule has 27 heavy (non-hydrogen) atoms. The summed E-state index contributed by atoms with van der Waals surface area (Å²) >= 11 is 0. The van der Waals surface area contributed by atoms with Crippen LogP contribution in [0, 0.1) is 0 Å². The molecule has 0 aromatic heterocycles. The first-order valence-electron chi connectivity index (χ1n) is 9.05. The molecule has 0 unspecified atom stereocenters. The van der Waals surface area contributed by atoms with Gasteiger partial charge >= 0.3 is 6.03 Å². The first-order chi connectivity index (χ1) is 13.0. The molecule has 0 bridgehead atoms. The lowest BCUT2D eigenvalue weighted by molar-refractivity contribution is 0.206. The molecular formula is C20H22N2O4S. The molecule has 142 valence electrons. The highest BCUT2D eigenvalue weighted by molar-refractivity contribution is 7.91. The molecule has 2 fully saturated rings. The van der Waals surface area contributed by atoms with Crippen molar-refractivity contribution in [2.75, 3.05) is 23.0 Å². The Kier molecular flexibility index (Phi) is 4.55. The van der Waals surface area contributed by atoms with Crippen molar-refractivity contribution in [3.8, 4) is 5.75 Å². The van der Waals surface area contributed by atoms with Crippen molar-refractivity contribution in [2.45, 2.75) is 25.6 Å². The van der Waals surface area contributed by atoms with E-state index in [4.69, 9.17) is 4.74 Å². The minimum absolute atomic E-state index is 0.00189. The van der Waals surface area contributed by atoms with Crippen LogP contribution in [0.5, 0.6) is 5.75 Å². The summed E-state index contributed by atoms with van der Waals surface area (Å²) < 4.78 is 30.0. The van der Waals surface area contributed by atoms with Crippen LogP contribution in [-0.2, 0) is 16.4 Å². The van der Waals surface area contributed by atoms with E-state index < -0.39 is 9.84 Å². The van der Waals surface area contributed by atoms with Gasteiger partial charge in [0.2, 0.25) is 0 Å². The lowest BCUT2D eigenvalue weighted by Crippen LogP contribution is -2.37. The predicted octanol–water partition coefficient (Wildman–Crippen LogP) is 2.69. The molecule has 0 N–H and O–H groups in total. The highest BCUT2D eigenvalue weighted by Crippen LogP contribution is 2.36. The molecular weight excluding hydrogens is 364 g/mol. The van der Waals surface area contributed by atoms with Crippen molar-refractivity contribution >= 4 is 21.6 Å². The summed E-state index contributed by atoms with van der Waals surface area (Å²) in [6.07, 6.45) is 0. The molecule has 6 nitrogen and oxygen atoms in total. The van der Waals surface area contributed by atoms with Gasteiger partial charge in [0.15, 0.2) is 9.84 Å². The molecule has 4 rings (SSSR count). The molecule has 2 aromatic rings. The van der Waals surface area contributed by atoms with E-state index in [9.17, 15) is 13.2 Å². The number of anilines is 1. The van der Waals surface area contributed by atoms with Gasteiger partial charge in [0.25, 0.3) is 0 Å². The minimum atomic E-state index is -3.17. The van der Waals surface area contributed by atoms with Crippen LogP contribution >= 0.6 is 0 Å². The fraction of sp³-hybridized carbons (Fsp3) is 0.350. The van der Waals surface area contributed by atoms with Gasteiger partial charge in [0.05, 0.1) is 30.2 Å². The molecule has 2 atom stereocenters. The highest BCUT2D eigenvalue weighted by atomic mass is 32.2. The molecule has 0 aliphatic carbocycles. The Morgan fingerprint density at radius 2 is 1.67 bits per heavy atom. The highest BCUT2D eigenvalue weighted by Gasteiger charge is 2.53. The maximum absolute atomic E-state index is 13.2. The summed E-state index contributed by atoms with van der Waals surface area (Å²) in [4.78, 5) is 16.5. The van der Waals surface area contributed by atoms with Gasteiger partial charge in [-0.2, -0.15) is 0 Å². The first-order valence-corrected chi connectivity index (χ1v) is 10.9. The van der Waals surface area contributed by atoms with E-state index in [-0.39, 0.29) is 29.6 Å². The van der Waals surface area contributed by atoms with Crippen LogP contribution in [0.3, 0.4) is 0 Å². The summed E-state index contributed by atoms with van der Waals surface area (Å²) in [7, 11) is -3.17. The summed E-state index contributed by atoms with van der Waals surface area (Å²) in [5.74, 6) is 0.746. The Morgan fingerprint density at radius 1 is 1.00 bits per heavy atom. The van der Waals surface area contributed by atoms with Gasteiger partial charge in [-0.1, -0.05) is 30.3 Å². The Morgan fingerprint density at radius 3 is 2.33 bits per heavy atom. The quantitative estimate of drug-likeness (QED) is 0.741. The molecule has 2 heterocycles. The molecule has 0 saturated carbocycles. The molecule has 0 spiro atoms. The Balaban J connectivity index is 1.66. The van der Waals surface area contributed by atoms with E-state index in [0.717, 1.165) is 11.3 Å². The monoisotopic (exact) mass is 386 g/mol. The summed E-state index contributed by atoms with van der Waals surface area (Å²) in [5.41, 5.74) is 1.69. The number of sulfone groups is 1. The number of carbonyl (C=O) groups is 1. The van der Waals surface area contributed by atoms with Crippen LogP contribution in [0.4, 0.5) is 10.5 Å². The zero-order chi connectivity index (χ0) is 19.0. The number of nitrogens with zero attached hydrogens (tertiary/aromatic N) is 2. The molecule has 2 amide bonds. The molecule has 7 heteroatoms. The van der Waals surface area contributed by atoms with Gasteiger partial charge in [-0.15, -0.1) is 0 Å². The number of urea groups is 1. The van der Waals surface area contributed by atoms with Crippen molar-refractivity contribution in [1.29, 1.82) is 0 Å². The number of amides is 2. The van der Waals surface area contributed by atoms with Gasteiger partial charge in [0.1, 0.15) is 5.75 Å². The van der Waals surface area contributed by atoms with Crippen molar-refractivity contribution in [2.24, 2.45) is 0 Å². The number of ether oxygens (including phenoxy) is 1. The van der Waals surface area contributed by atoms with Crippen LogP contribution in [0.1, 0.15) is 12.5 Å². The van der Waals surface area contributed by atoms with Crippen LogP contribution in [0.25, 0.3) is 0 Å². The standard InChI is InChI=1S/C20H22N2O4S/c1-2-26-17-10-8-16(9-11-17)22-19-14-27(24,25)13-18(19)21(20(22)23)12-15-6-4-3-5-7-15/h3-11,18-19H,2,12-14H2,1H3/t18-,19+/m1/s1. The number of benzene rings is 2. The van der Waals surface area contributed by atoms with Crippen LogP contribution in [0.15, 0.2) is 54.6 Å². The van der Waals surface area contributed by atoms with E-state index in [1.807, 2.05) is 61.5 Å². The lowest BCUT2D eigenvalue weighted by atomic mass is 10.1. The SMILES string of the molecule is CCOc1ccc(N2C(=O)N(Cc3ccccc3)[C@@H]3CS(=O)(=O)C[C@@H]32)cc1. The Labute approximate surface area is 159 Å². The third-order valence-electron chi connectivity index (χ3n) is 5.10. The summed E-state index contributed by atoms with van der Waals surface area (Å²) in [6.45, 7) is 2.88. The second kappa shape index (κ2) is 6.88. The Hall–Kier alpha value is -2.54. The average molecular weight is 386 g/mol. The maximum atomic E-state index is 13.2. The number of fused-ring (bicyclic) bond motifs is 1. The van der Waals surface area contributed by atoms with Gasteiger partial charge in [-0.3, -0.25) is 4.90 Å². The molecule has 2 aliphatic rings. The maximum Gasteiger partial charge on any atom is 0.325 e. The van der Waals surface area contributed by atoms with Gasteiger partial charge in [0, 0.05) is 12.2 Å².